The number of aromatic hydroxyl groups is 1. The van der Waals surface area contributed by atoms with E-state index in [9.17, 15) is 19.8 Å². The van der Waals surface area contributed by atoms with E-state index in [0.29, 0.717) is 12.0 Å². The van der Waals surface area contributed by atoms with Crippen LogP contribution in [0.3, 0.4) is 0 Å². The van der Waals surface area contributed by atoms with Crippen molar-refractivity contribution in [2.24, 2.45) is 0 Å². The Morgan fingerprint density at radius 2 is 2.00 bits per heavy atom. The van der Waals surface area contributed by atoms with Gasteiger partial charge in [-0.2, -0.15) is 0 Å². The van der Waals surface area contributed by atoms with Crippen molar-refractivity contribution in [2.75, 3.05) is 0 Å². The summed E-state index contributed by atoms with van der Waals surface area (Å²) in [7, 11) is 0. The van der Waals surface area contributed by atoms with Crippen LogP contribution in [0.4, 0.5) is 0 Å². The fourth-order valence-corrected chi connectivity index (χ4v) is 2.50. The molecule has 0 heterocycles. The molecule has 0 spiro atoms. The Bertz CT molecular complexity index is 481. The molecule has 0 bridgehead atoms. The number of hydrogen-bond acceptors (Lipinski definition) is 3. The van der Waals surface area contributed by atoms with Crippen molar-refractivity contribution in [2.45, 2.75) is 37.8 Å². The summed E-state index contributed by atoms with van der Waals surface area (Å²) in [5.41, 5.74) is -0.837. The highest BCUT2D eigenvalue weighted by Crippen LogP contribution is 2.40. The summed E-state index contributed by atoms with van der Waals surface area (Å²) in [5, 5.41) is 19.0. The molecule has 1 aliphatic rings. The molecule has 1 aromatic rings. The van der Waals surface area contributed by atoms with Gasteiger partial charge in [0.15, 0.2) is 5.54 Å². The summed E-state index contributed by atoms with van der Waals surface area (Å²) in [6.07, 6.45) is 2.59. The number of phenols is 1. The standard InChI is InChI=1S/C14H17NO4/c1-2-14(13(18)19,15(9-16)11-5-6-11)10-3-7-12(17)8-4-10/h3-4,7-9,11,17H,2,5-6H2,1H3,(H,18,19). The van der Waals surface area contributed by atoms with Gasteiger partial charge in [-0.1, -0.05) is 19.1 Å². The Balaban J connectivity index is 2.52. The molecule has 1 aromatic carbocycles. The van der Waals surface area contributed by atoms with Crippen LogP contribution in [0.5, 0.6) is 5.75 Å². The first-order valence-electron chi connectivity index (χ1n) is 6.33. The van der Waals surface area contributed by atoms with Gasteiger partial charge in [0.2, 0.25) is 6.41 Å². The molecule has 102 valence electrons. The van der Waals surface area contributed by atoms with Crippen LogP contribution in [0.2, 0.25) is 0 Å². The molecule has 0 aliphatic heterocycles. The zero-order chi connectivity index (χ0) is 14.0. The summed E-state index contributed by atoms with van der Waals surface area (Å²) >= 11 is 0. The van der Waals surface area contributed by atoms with Gasteiger partial charge in [0.05, 0.1) is 0 Å². The van der Waals surface area contributed by atoms with Crippen molar-refractivity contribution in [1.29, 1.82) is 0 Å². The number of carbonyl (C=O) groups is 2. The van der Waals surface area contributed by atoms with Crippen molar-refractivity contribution < 1.29 is 19.8 Å². The van der Waals surface area contributed by atoms with Gasteiger partial charge in [-0.15, -0.1) is 0 Å². The van der Waals surface area contributed by atoms with Crippen molar-refractivity contribution in [3.8, 4) is 5.75 Å². The molecule has 1 atom stereocenters. The smallest absolute Gasteiger partial charge is 0.334 e. The van der Waals surface area contributed by atoms with E-state index in [1.807, 2.05) is 0 Å². The third-order valence-corrected chi connectivity index (χ3v) is 3.70. The number of rotatable bonds is 6. The maximum atomic E-state index is 11.8. The van der Waals surface area contributed by atoms with Gasteiger partial charge in [-0.05, 0) is 37.0 Å². The zero-order valence-corrected chi connectivity index (χ0v) is 10.7. The average Bonchev–Trinajstić information content (AvgIpc) is 3.21. The number of carboxylic acids is 1. The minimum absolute atomic E-state index is 0.00218. The normalized spacial score (nSPS) is 17.5. The first-order chi connectivity index (χ1) is 9.06. The number of carbonyl (C=O) groups excluding carboxylic acids is 1. The lowest BCUT2D eigenvalue weighted by atomic mass is 9.85. The topological polar surface area (TPSA) is 77.8 Å². The second kappa shape index (κ2) is 4.91. The van der Waals surface area contributed by atoms with E-state index in [2.05, 4.69) is 0 Å². The number of aliphatic carboxylic acids is 1. The van der Waals surface area contributed by atoms with E-state index < -0.39 is 11.5 Å². The van der Waals surface area contributed by atoms with E-state index in [-0.39, 0.29) is 18.2 Å². The van der Waals surface area contributed by atoms with Gasteiger partial charge < -0.3 is 15.1 Å². The molecule has 0 aromatic heterocycles. The average molecular weight is 263 g/mol. The highest BCUT2D eigenvalue weighted by Gasteiger charge is 2.49. The van der Waals surface area contributed by atoms with Crippen LogP contribution in [0.15, 0.2) is 24.3 Å². The van der Waals surface area contributed by atoms with Crippen LogP contribution < -0.4 is 0 Å². The molecular formula is C14H17NO4. The SMILES string of the molecule is CCC(C(=O)O)(c1ccc(O)cc1)N(C=O)C1CC1. The Kier molecular flexibility index (Phi) is 3.46. The summed E-state index contributed by atoms with van der Waals surface area (Å²) < 4.78 is 0. The van der Waals surface area contributed by atoms with Gasteiger partial charge in [-0.25, -0.2) is 4.79 Å². The first-order valence-corrected chi connectivity index (χ1v) is 6.33. The van der Waals surface area contributed by atoms with Gasteiger partial charge in [-0.3, -0.25) is 4.79 Å². The van der Waals surface area contributed by atoms with Crippen LogP contribution in [0.1, 0.15) is 31.7 Å². The Labute approximate surface area is 111 Å². The Morgan fingerprint density at radius 3 is 2.37 bits per heavy atom. The first kappa shape index (κ1) is 13.4. The van der Waals surface area contributed by atoms with Crippen LogP contribution >= 0.6 is 0 Å². The third kappa shape index (κ3) is 2.16. The van der Waals surface area contributed by atoms with E-state index >= 15 is 0 Å². The van der Waals surface area contributed by atoms with E-state index in [4.69, 9.17) is 0 Å². The fraction of sp³-hybridized carbons (Fsp3) is 0.429. The Hall–Kier alpha value is -2.04. The van der Waals surface area contributed by atoms with Gasteiger partial charge in [0.1, 0.15) is 5.75 Å². The number of amides is 1. The van der Waals surface area contributed by atoms with Crippen molar-refractivity contribution in [3.63, 3.8) is 0 Å². The monoisotopic (exact) mass is 263 g/mol. The molecule has 1 saturated carbocycles. The third-order valence-electron chi connectivity index (χ3n) is 3.70. The van der Waals surface area contributed by atoms with Crippen LogP contribution in [0.25, 0.3) is 0 Å². The molecule has 1 fully saturated rings. The Morgan fingerprint density at radius 1 is 1.42 bits per heavy atom. The van der Waals surface area contributed by atoms with Crippen molar-refractivity contribution in [3.05, 3.63) is 29.8 Å². The minimum Gasteiger partial charge on any atom is -0.508 e. The molecule has 1 aliphatic carbocycles. The highest BCUT2D eigenvalue weighted by atomic mass is 16.4. The largest absolute Gasteiger partial charge is 0.508 e. The second-order valence-electron chi connectivity index (χ2n) is 4.81. The number of carboxylic acid groups (broad SMARTS) is 1. The van der Waals surface area contributed by atoms with Crippen molar-refractivity contribution in [1.82, 2.24) is 4.90 Å². The number of hydrogen-bond donors (Lipinski definition) is 2. The van der Waals surface area contributed by atoms with Crippen LogP contribution in [0, 0.1) is 0 Å². The fourth-order valence-electron chi connectivity index (χ4n) is 2.50. The van der Waals surface area contributed by atoms with Gasteiger partial charge in [0, 0.05) is 6.04 Å². The maximum Gasteiger partial charge on any atom is 0.334 e. The molecule has 0 radical (unpaired) electrons. The van der Waals surface area contributed by atoms with E-state index in [0.717, 1.165) is 12.8 Å². The molecule has 1 unspecified atom stereocenters. The molecular weight excluding hydrogens is 246 g/mol. The number of nitrogens with zero attached hydrogens (tertiary/aromatic N) is 1. The van der Waals surface area contributed by atoms with Gasteiger partial charge in [0.25, 0.3) is 0 Å². The molecule has 1 amide bonds. The lowest BCUT2D eigenvalue weighted by molar-refractivity contribution is -0.157. The molecule has 2 N–H and O–H groups in total. The number of benzene rings is 1. The molecule has 5 nitrogen and oxygen atoms in total. The lowest BCUT2D eigenvalue weighted by Crippen LogP contribution is -2.52. The van der Waals surface area contributed by atoms with Crippen molar-refractivity contribution >= 4 is 12.4 Å². The highest BCUT2D eigenvalue weighted by molar-refractivity contribution is 5.83. The summed E-state index contributed by atoms with van der Waals surface area (Å²) in [4.78, 5) is 24.6. The lowest BCUT2D eigenvalue weighted by Gasteiger charge is -2.38. The minimum atomic E-state index is -1.35. The number of phenolic OH excluding ortho intramolecular Hbond substituents is 1. The summed E-state index contributed by atoms with van der Waals surface area (Å²) in [6.45, 7) is 1.75. The molecule has 5 heteroatoms. The van der Waals surface area contributed by atoms with E-state index in [1.54, 1.807) is 19.1 Å². The predicted octanol–water partition coefficient (Wildman–Crippen LogP) is 1.70. The quantitative estimate of drug-likeness (QED) is 0.766. The van der Waals surface area contributed by atoms with E-state index in [1.165, 1.54) is 17.0 Å². The summed E-state index contributed by atoms with van der Waals surface area (Å²) in [6, 6.07) is 6.01. The van der Waals surface area contributed by atoms with Gasteiger partial charge >= 0.3 is 5.97 Å². The molecule has 19 heavy (non-hydrogen) atoms. The molecule has 0 saturated heterocycles. The zero-order valence-electron chi connectivity index (χ0n) is 10.7. The predicted molar refractivity (Wildman–Crippen MR) is 68.6 cm³/mol. The second-order valence-corrected chi connectivity index (χ2v) is 4.81. The van der Waals surface area contributed by atoms with Crippen LogP contribution in [-0.2, 0) is 15.1 Å². The molecule has 2 rings (SSSR count). The maximum absolute atomic E-state index is 11.8. The summed E-state index contributed by atoms with van der Waals surface area (Å²) in [5.74, 6) is -0.970. The van der Waals surface area contributed by atoms with Crippen LogP contribution in [-0.4, -0.2) is 33.5 Å².